The molecule has 1 aromatic carbocycles. The maximum atomic E-state index is 5.44. The molecule has 0 saturated heterocycles. The van der Waals surface area contributed by atoms with Crippen molar-refractivity contribution in [3.63, 3.8) is 0 Å². The van der Waals surface area contributed by atoms with Gasteiger partial charge in [-0.05, 0) is 37.1 Å². The molecule has 0 aliphatic carbocycles. The summed E-state index contributed by atoms with van der Waals surface area (Å²) in [6.45, 7) is 0.716. The van der Waals surface area contributed by atoms with Crippen LogP contribution in [0.1, 0.15) is 12.0 Å². The Bertz CT molecular complexity index is 484. The number of allylic oxidation sites excluding steroid dienone is 1. The zero-order valence-corrected chi connectivity index (χ0v) is 9.26. The Balaban J connectivity index is 2.23. The lowest BCUT2D eigenvalue weighted by Gasteiger charge is -2.02. The average Bonchev–Trinajstić information content (AvgIpc) is 2.35. The van der Waals surface area contributed by atoms with Gasteiger partial charge in [0.05, 0.1) is 5.52 Å². The van der Waals surface area contributed by atoms with E-state index in [1.54, 1.807) is 0 Å². The molecule has 2 N–H and O–H groups in total. The van der Waals surface area contributed by atoms with Gasteiger partial charge in [-0.25, -0.2) is 0 Å². The molecule has 0 radical (unpaired) electrons. The maximum Gasteiger partial charge on any atom is 0.0704 e. The van der Waals surface area contributed by atoms with Crippen LogP contribution in [0.5, 0.6) is 0 Å². The summed E-state index contributed by atoms with van der Waals surface area (Å²) in [5, 5.41) is 1.24. The second-order valence-corrected chi connectivity index (χ2v) is 3.74. The molecule has 0 spiro atoms. The van der Waals surface area contributed by atoms with Gasteiger partial charge < -0.3 is 5.73 Å². The third-order valence-electron chi connectivity index (χ3n) is 2.58. The smallest absolute Gasteiger partial charge is 0.0704 e. The first-order chi connectivity index (χ1) is 7.92. The molecule has 0 atom stereocenters. The van der Waals surface area contributed by atoms with Crippen LogP contribution in [0.4, 0.5) is 0 Å². The van der Waals surface area contributed by atoms with Crippen LogP contribution in [0.15, 0.2) is 48.7 Å². The van der Waals surface area contributed by atoms with Gasteiger partial charge in [0.2, 0.25) is 0 Å². The Kier molecular flexibility index (Phi) is 3.67. The SMILES string of the molecule is NCCC=CCc1ccnc2ccccc12. The highest BCUT2D eigenvalue weighted by atomic mass is 14.6. The van der Waals surface area contributed by atoms with Gasteiger partial charge in [0.15, 0.2) is 0 Å². The number of pyridine rings is 1. The number of aromatic nitrogens is 1. The minimum Gasteiger partial charge on any atom is -0.330 e. The van der Waals surface area contributed by atoms with Crippen molar-refractivity contribution in [3.05, 3.63) is 54.2 Å². The molecular formula is C14H16N2. The van der Waals surface area contributed by atoms with E-state index in [2.05, 4.69) is 35.3 Å². The molecule has 0 saturated carbocycles. The number of nitrogens with two attached hydrogens (primary N) is 1. The van der Waals surface area contributed by atoms with E-state index in [-0.39, 0.29) is 0 Å². The molecule has 0 bridgehead atoms. The number of benzene rings is 1. The number of hydrogen-bond acceptors (Lipinski definition) is 2. The fourth-order valence-electron chi connectivity index (χ4n) is 1.76. The highest BCUT2D eigenvalue weighted by Crippen LogP contribution is 2.16. The molecule has 16 heavy (non-hydrogen) atoms. The number of fused-ring (bicyclic) bond motifs is 1. The van der Waals surface area contributed by atoms with E-state index in [9.17, 15) is 0 Å². The van der Waals surface area contributed by atoms with E-state index < -0.39 is 0 Å². The van der Waals surface area contributed by atoms with Crippen LogP contribution in [0, 0.1) is 0 Å². The van der Waals surface area contributed by atoms with E-state index >= 15 is 0 Å². The number of nitrogens with zero attached hydrogens (tertiary/aromatic N) is 1. The van der Waals surface area contributed by atoms with Gasteiger partial charge in [-0.1, -0.05) is 30.4 Å². The number of para-hydroxylation sites is 1. The van der Waals surface area contributed by atoms with Gasteiger partial charge in [-0.15, -0.1) is 0 Å². The Morgan fingerprint density at radius 3 is 2.88 bits per heavy atom. The topological polar surface area (TPSA) is 38.9 Å². The molecule has 2 nitrogen and oxygen atoms in total. The van der Waals surface area contributed by atoms with Crippen molar-refractivity contribution in [2.75, 3.05) is 6.54 Å². The quantitative estimate of drug-likeness (QED) is 0.791. The molecular weight excluding hydrogens is 196 g/mol. The van der Waals surface area contributed by atoms with Crippen LogP contribution < -0.4 is 5.73 Å². The van der Waals surface area contributed by atoms with E-state index in [0.717, 1.165) is 18.4 Å². The molecule has 1 aromatic heterocycles. The molecule has 2 aromatic rings. The van der Waals surface area contributed by atoms with Crippen LogP contribution >= 0.6 is 0 Å². The summed E-state index contributed by atoms with van der Waals surface area (Å²) < 4.78 is 0. The molecule has 2 heteroatoms. The molecule has 1 heterocycles. The van der Waals surface area contributed by atoms with Gasteiger partial charge in [0.1, 0.15) is 0 Å². The van der Waals surface area contributed by atoms with Crippen LogP contribution in [-0.4, -0.2) is 11.5 Å². The van der Waals surface area contributed by atoms with Gasteiger partial charge in [-0.2, -0.15) is 0 Å². The molecule has 82 valence electrons. The predicted molar refractivity (Wildman–Crippen MR) is 68.3 cm³/mol. The van der Waals surface area contributed by atoms with Crippen molar-refractivity contribution < 1.29 is 0 Å². The summed E-state index contributed by atoms with van der Waals surface area (Å²) >= 11 is 0. The number of hydrogen-bond donors (Lipinski definition) is 1. The van der Waals surface area contributed by atoms with Crippen LogP contribution in [-0.2, 0) is 6.42 Å². The van der Waals surface area contributed by atoms with Crippen LogP contribution in [0.2, 0.25) is 0 Å². The molecule has 2 rings (SSSR count). The first kappa shape index (κ1) is 10.8. The second-order valence-electron chi connectivity index (χ2n) is 3.74. The fourth-order valence-corrected chi connectivity index (χ4v) is 1.76. The highest BCUT2D eigenvalue weighted by molar-refractivity contribution is 5.81. The lowest BCUT2D eigenvalue weighted by Crippen LogP contribution is -1.95. The Morgan fingerprint density at radius 2 is 2.00 bits per heavy atom. The number of rotatable bonds is 4. The van der Waals surface area contributed by atoms with Crippen molar-refractivity contribution in [3.8, 4) is 0 Å². The van der Waals surface area contributed by atoms with Gasteiger partial charge >= 0.3 is 0 Å². The molecule has 0 fully saturated rings. The summed E-state index contributed by atoms with van der Waals surface area (Å²) in [5.74, 6) is 0. The van der Waals surface area contributed by atoms with Crippen molar-refractivity contribution in [2.45, 2.75) is 12.8 Å². The molecule has 0 aliphatic heterocycles. The maximum absolute atomic E-state index is 5.44. The van der Waals surface area contributed by atoms with Crippen LogP contribution in [0.25, 0.3) is 10.9 Å². The summed E-state index contributed by atoms with van der Waals surface area (Å²) in [4.78, 5) is 4.34. The summed E-state index contributed by atoms with van der Waals surface area (Å²) in [6, 6.07) is 10.3. The zero-order chi connectivity index (χ0) is 11.2. The average molecular weight is 212 g/mol. The van der Waals surface area contributed by atoms with Crippen LogP contribution in [0.3, 0.4) is 0 Å². The first-order valence-electron chi connectivity index (χ1n) is 5.59. The monoisotopic (exact) mass is 212 g/mol. The second kappa shape index (κ2) is 5.42. The first-order valence-corrected chi connectivity index (χ1v) is 5.59. The van der Waals surface area contributed by atoms with E-state index in [1.165, 1.54) is 10.9 Å². The van der Waals surface area contributed by atoms with Crippen molar-refractivity contribution in [1.29, 1.82) is 0 Å². The molecule has 0 amide bonds. The van der Waals surface area contributed by atoms with Crippen molar-refractivity contribution >= 4 is 10.9 Å². The molecule has 0 aliphatic rings. The molecule has 0 unspecified atom stereocenters. The summed E-state index contributed by atoms with van der Waals surface area (Å²) in [5.41, 5.74) is 7.82. The van der Waals surface area contributed by atoms with Crippen molar-refractivity contribution in [2.24, 2.45) is 5.73 Å². The Labute approximate surface area is 95.8 Å². The summed E-state index contributed by atoms with van der Waals surface area (Å²) in [7, 11) is 0. The zero-order valence-electron chi connectivity index (χ0n) is 9.26. The minimum absolute atomic E-state index is 0.716. The Morgan fingerprint density at radius 1 is 1.12 bits per heavy atom. The van der Waals surface area contributed by atoms with E-state index in [0.29, 0.717) is 6.54 Å². The van der Waals surface area contributed by atoms with E-state index in [1.807, 2.05) is 18.3 Å². The largest absolute Gasteiger partial charge is 0.330 e. The van der Waals surface area contributed by atoms with Crippen molar-refractivity contribution in [1.82, 2.24) is 4.98 Å². The fraction of sp³-hybridized carbons (Fsp3) is 0.214. The highest BCUT2D eigenvalue weighted by Gasteiger charge is 1.98. The van der Waals surface area contributed by atoms with Gasteiger partial charge in [0, 0.05) is 11.6 Å². The third kappa shape index (κ3) is 2.47. The predicted octanol–water partition coefficient (Wildman–Crippen LogP) is 2.68. The Hall–Kier alpha value is -1.67. The lowest BCUT2D eigenvalue weighted by atomic mass is 10.1. The van der Waals surface area contributed by atoms with E-state index in [4.69, 9.17) is 5.73 Å². The lowest BCUT2D eigenvalue weighted by molar-refractivity contribution is 1.00. The van der Waals surface area contributed by atoms with Gasteiger partial charge in [-0.3, -0.25) is 4.98 Å². The minimum atomic E-state index is 0.716. The third-order valence-corrected chi connectivity index (χ3v) is 2.58. The van der Waals surface area contributed by atoms with Gasteiger partial charge in [0.25, 0.3) is 0 Å². The standard InChI is InChI=1S/C14H16N2/c15-10-5-1-2-6-12-9-11-16-14-8-4-3-7-13(12)14/h1-4,7-9,11H,5-6,10,15H2. The normalized spacial score (nSPS) is 11.3. The summed E-state index contributed by atoms with van der Waals surface area (Å²) in [6.07, 6.45) is 8.07.